The van der Waals surface area contributed by atoms with Gasteiger partial charge < -0.3 is 9.47 Å². The number of carbonyl (C=O) groups excluding carboxylic acids is 1. The highest BCUT2D eigenvalue weighted by Gasteiger charge is 2.31. The highest BCUT2D eigenvalue weighted by Crippen LogP contribution is 2.30. The number of hydrogen-bond donors (Lipinski definition) is 0. The third-order valence-electron chi connectivity index (χ3n) is 2.76. The summed E-state index contributed by atoms with van der Waals surface area (Å²) in [5.74, 6) is 25.5. The van der Waals surface area contributed by atoms with Gasteiger partial charge in [-0.2, -0.15) is 8.78 Å². The van der Waals surface area contributed by atoms with Crippen molar-refractivity contribution in [3.05, 3.63) is 28.8 Å². The van der Waals surface area contributed by atoms with Gasteiger partial charge in [-0.15, -0.1) is 6.42 Å². The van der Waals surface area contributed by atoms with Gasteiger partial charge in [-0.3, -0.25) is 0 Å². The number of hydrogen-bond acceptors (Lipinski definition) is 3. The molecule has 0 amide bonds. The molecule has 0 radical (unpaired) electrons. The summed E-state index contributed by atoms with van der Waals surface area (Å²) >= 11 is 0. The average molecular weight is 440 g/mol. The quantitative estimate of drug-likeness (QED) is 0.306. The molecule has 0 atom stereocenters. The number of terminal acetylenes is 1. The molecule has 0 heterocycles. The summed E-state index contributed by atoms with van der Waals surface area (Å²) in [6.07, 6.45) is 6.61. The van der Waals surface area contributed by atoms with Crippen LogP contribution in [0, 0.1) is 131 Å². The molecular formula is C26H4F4O3. The summed E-state index contributed by atoms with van der Waals surface area (Å²) in [6, 6.07) is 0. The second-order valence-electron chi connectivity index (χ2n) is 4.68. The van der Waals surface area contributed by atoms with Gasteiger partial charge >= 0.3 is 5.97 Å². The molecule has 33 heavy (non-hydrogen) atoms. The molecule has 0 aliphatic carbocycles. The fourth-order valence-electron chi connectivity index (χ4n) is 1.53. The Balaban J connectivity index is 2.78. The van der Waals surface area contributed by atoms with Crippen LogP contribution in [0.1, 0.15) is 10.4 Å². The molecule has 1 rings (SSSR count). The van der Waals surface area contributed by atoms with Crippen molar-refractivity contribution in [2.75, 3.05) is 7.11 Å². The van der Waals surface area contributed by atoms with Crippen molar-refractivity contribution in [1.29, 1.82) is 0 Å². The second-order valence-corrected chi connectivity index (χ2v) is 4.68. The zero-order chi connectivity index (χ0) is 24.5. The predicted molar refractivity (Wildman–Crippen MR) is 109 cm³/mol. The van der Waals surface area contributed by atoms with Crippen LogP contribution in [0.5, 0.6) is 5.75 Å². The van der Waals surface area contributed by atoms with Gasteiger partial charge in [0.05, 0.1) is 7.11 Å². The van der Waals surface area contributed by atoms with Crippen molar-refractivity contribution in [2.45, 2.75) is 0 Å². The molecule has 0 aliphatic rings. The van der Waals surface area contributed by atoms with Crippen LogP contribution in [0.3, 0.4) is 0 Å². The van der Waals surface area contributed by atoms with Crippen LogP contribution >= 0.6 is 0 Å². The summed E-state index contributed by atoms with van der Waals surface area (Å²) in [6.45, 7) is 0. The summed E-state index contributed by atoms with van der Waals surface area (Å²) < 4.78 is 63.5. The minimum absolute atomic E-state index is 0.779. The number of ether oxygens (including phenoxy) is 2. The van der Waals surface area contributed by atoms with Crippen molar-refractivity contribution in [1.82, 2.24) is 0 Å². The summed E-state index contributed by atoms with van der Waals surface area (Å²) in [5.41, 5.74) is -1.54. The lowest BCUT2D eigenvalue weighted by Gasteiger charge is -2.08. The van der Waals surface area contributed by atoms with E-state index in [0.29, 0.717) is 0 Å². The smallest absolute Gasteiger partial charge is 0.344 e. The number of esters is 1. The number of rotatable bonds is 2. The zero-order valence-electron chi connectivity index (χ0n) is 16.3. The Kier molecular flexibility index (Phi) is 10.9. The molecule has 0 aliphatic heterocycles. The van der Waals surface area contributed by atoms with Gasteiger partial charge in [-0.05, 0) is 47.4 Å². The number of methoxy groups -OCH3 is 1. The number of benzene rings is 1. The zero-order valence-corrected chi connectivity index (χ0v) is 16.3. The molecule has 0 N–H and O–H groups in total. The fraction of sp³-hybridized carbons (Fsp3) is 0.0385. The topological polar surface area (TPSA) is 35.5 Å². The monoisotopic (exact) mass is 440 g/mol. The van der Waals surface area contributed by atoms with Crippen molar-refractivity contribution in [2.24, 2.45) is 0 Å². The van der Waals surface area contributed by atoms with Crippen LogP contribution in [0.4, 0.5) is 17.6 Å². The SMILES string of the molecule is C#CC#CC#CC#CC#CC#CC#CC#CC#COc1c(F)c(F)c(C(=O)OC)c(F)c1F. The van der Waals surface area contributed by atoms with Crippen molar-refractivity contribution >= 4 is 5.97 Å². The molecule has 0 bridgehead atoms. The molecule has 0 fully saturated rings. The van der Waals surface area contributed by atoms with E-state index in [1.807, 2.05) is 5.92 Å². The highest BCUT2D eigenvalue weighted by atomic mass is 19.2. The minimum Gasteiger partial charge on any atom is -0.465 e. The van der Waals surface area contributed by atoms with Gasteiger partial charge in [-0.1, -0.05) is 0 Å². The maximum atomic E-state index is 13.8. The highest BCUT2D eigenvalue weighted by molar-refractivity contribution is 5.90. The number of halogens is 4. The van der Waals surface area contributed by atoms with E-state index in [0.717, 1.165) is 7.11 Å². The van der Waals surface area contributed by atoms with Crippen LogP contribution in [-0.4, -0.2) is 13.1 Å². The standard InChI is InChI=1S/C26H4F4O3/c1-3-4-5-6-7-8-9-10-11-12-13-14-15-16-17-18-19-33-25-23(29)21(27)20(26(31)32-2)22(28)24(25)30/h1H,2H3. The Morgan fingerprint density at radius 2 is 1.00 bits per heavy atom. The van der Waals surface area contributed by atoms with Crippen molar-refractivity contribution in [3.63, 3.8) is 0 Å². The first kappa shape index (κ1) is 25.3. The lowest BCUT2D eigenvalue weighted by atomic mass is 10.1. The van der Waals surface area contributed by atoms with E-state index in [4.69, 9.17) is 6.42 Å². The van der Waals surface area contributed by atoms with E-state index < -0.39 is 40.6 Å². The van der Waals surface area contributed by atoms with Gasteiger partial charge in [0.2, 0.25) is 17.4 Å². The van der Waals surface area contributed by atoms with E-state index in [-0.39, 0.29) is 0 Å². The van der Waals surface area contributed by atoms with Gasteiger partial charge in [0.25, 0.3) is 0 Å². The molecule has 0 saturated carbocycles. The average Bonchev–Trinajstić information content (AvgIpc) is 2.81. The molecule has 7 heteroatoms. The maximum absolute atomic E-state index is 13.8. The lowest BCUT2D eigenvalue weighted by Crippen LogP contribution is -2.13. The molecule has 0 saturated heterocycles. The molecule has 0 unspecified atom stereocenters. The third kappa shape index (κ3) is 8.25. The van der Waals surface area contributed by atoms with Crippen LogP contribution in [0.15, 0.2) is 0 Å². The van der Waals surface area contributed by atoms with Gasteiger partial charge in [0.1, 0.15) is 11.7 Å². The first-order valence-electron chi connectivity index (χ1n) is 8.02. The first-order valence-corrected chi connectivity index (χ1v) is 8.02. The Bertz CT molecular complexity index is 1500. The molecule has 3 nitrogen and oxygen atoms in total. The largest absolute Gasteiger partial charge is 0.465 e. The molecule has 0 aromatic heterocycles. The Morgan fingerprint density at radius 3 is 1.36 bits per heavy atom. The Hall–Kier alpha value is -5.75. The second kappa shape index (κ2) is 14.3. The van der Waals surface area contributed by atoms with Gasteiger partial charge in [0.15, 0.2) is 11.6 Å². The minimum atomic E-state index is -2.00. The third-order valence-corrected chi connectivity index (χ3v) is 2.76. The van der Waals surface area contributed by atoms with E-state index in [9.17, 15) is 22.4 Å². The molecule has 1 aromatic rings. The summed E-state index contributed by atoms with van der Waals surface area (Å²) in [4.78, 5) is 11.2. The van der Waals surface area contributed by atoms with Crippen molar-refractivity contribution in [3.8, 4) is 113 Å². The molecular weight excluding hydrogens is 436 g/mol. The van der Waals surface area contributed by atoms with Crippen LogP contribution in [-0.2, 0) is 4.74 Å². The van der Waals surface area contributed by atoms with E-state index in [1.165, 1.54) is 0 Å². The maximum Gasteiger partial charge on any atom is 0.344 e. The first-order chi connectivity index (χ1) is 16.0. The van der Waals surface area contributed by atoms with E-state index in [1.54, 1.807) is 6.11 Å². The van der Waals surface area contributed by atoms with E-state index in [2.05, 4.69) is 98.3 Å². The Morgan fingerprint density at radius 1 is 0.636 bits per heavy atom. The van der Waals surface area contributed by atoms with Gasteiger partial charge in [0, 0.05) is 47.4 Å². The van der Waals surface area contributed by atoms with Crippen LogP contribution in [0.2, 0.25) is 0 Å². The van der Waals surface area contributed by atoms with Crippen LogP contribution in [0.25, 0.3) is 0 Å². The van der Waals surface area contributed by atoms with Crippen LogP contribution < -0.4 is 4.74 Å². The normalized spacial score (nSPS) is 6.91. The van der Waals surface area contributed by atoms with Crippen molar-refractivity contribution < 1.29 is 31.8 Å². The molecule has 154 valence electrons. The van der Waals surface area contributed by atoms with Gasteiger partial charge in [-0.25, -0.2) is 13.6 Å². The van der Waals surface area contributed by atoms with E-state index >= 15 is 0 Å². The Labute approximate surface area is 187 Å². The number of carbonyl (C=O) groups is 1. The summed E-state index contributed by atoms with van der Waals surface area (Å²) in [5, 5.41) is 0. The molecule has 1 aromatic carbocycles. The lowest BCUT2D eigenvalue weighted by molar-refractivity contribution is 0.0586. The fourth-order valence-corrected chi connectivity index (χ4v) is 1.53. The molecule has 0 spiro atoms. The summed E-state index contributed by atoms with van der Waals surface area (Å²) in [7, 11) is 0.779. The predicted octanol–water partition coefficient (Wildman–Crippen LogP) is 2.03.